The molecule has 0 fully saturated rings. The number of para-hydroxylation sites is 1. The molecule has 4 nitrogen and oxygen atoms in total. The fourth-order valence-electron chi connectivity index (χ4n) is 2.51. The molecule has 2 rings (SSSR count). The van der Waals surface area contributed by atoms with Crippen molar-refractivity contribution in [1.29, 1.82) is 0 Å². The number of carbonyl (C=O) groups excluding carboxylic acids is 2. The zero-order chi connectivity index (χ0) is 17.5. The van der Waals surface area contributed by atoms with E-state index in [1.807, 2.05) is 36.4 Å². The Morgan fingerprint density at radius 1 is 1.08 bits per heavy atom. The van der Waals surface area contributed by atoms with Gasteiger partial charge < -0.3 is 10.2 Å². The molecule has 24 heavy (non-hydrogen) atoms. The molecule has 2 aromatic carbocycles. The van der Waals surface area contributed by atoms with Crippen LogP contribution in [-0.2, 0) is 11.2 Å². The van der Waals surface area contributed by atoms with Gasteiger partial charge >= 0.3 is 0 Å². The van der Waals surface area contributed by atoms with Crippen molar-refractivity contribution < 1.29 is 9.59 Å². The van der Waals surface area contributed by atoms with Crippen LogP contribution in [0.3, 0.4) is 0 Å². The molecule has 0 radical (unpaired) electrons. The van der Waals surface area contributed by atoms with Gasteiger partial charge in [-0.25, -0.2) is 0 Å². The number of anilines is 1. The lowest BCUT2D eigenvalue weighted by Crippen LogP contribution is -2.38. The Kier molecular flexibility index (Phi) is 6.55. The number of amides is 2. The summed E-state index contributed by atoms with van der Waals surface area (Å²) >= 11 is 3.35. The van der Waals surface area contributed by atoms with Gasteiger partial charge in [-0.1, -0.05) is 41.1 Å². The summed E-state index contributed by atoms with van der Waals surface area (Å²) in [4.78, 5) is 25.8. The van der Waals surface area contributed by atoms with Gasteiger partial charge in [-0.15, -0.1) is 0 Å². The van der Waals surface area contributed by atoms with Crippen LogP contribution < -0.4 is 10.2 Å². The Labute approximate surface area is 151 Å². The van der Waals surface area contributed by atoms with Gasteiger partial charge in [0.25, 0.3) is 5.91 Å². The number of carbonyl (C=O) groups is 2. The lowest BCUT2D eigenvalue weighted by Gasteiger charge is -2.24. The van der Waals surface area contributed by atoms with Crippen LogP contribution in [-0.4, -0.2) is 24.9 Å². The normalized spacial score (nSPS) is 10.3. The summed E-state index contributed by atoms with van der Waals surface area (Å²) in [5.41, 5.74) is 2.62. The molecule has 0 saturated heterocycles. The van der Waals surface area contributed by atoms with Crippen LogP contribution in [0.4, 0.5) is 5.69 Å². The molecule has 0 bridgehead atoms. The van der Waals surface area contributed by atoms with Crippen LogP contribution in [0.5, 0.6) is 0 Å². The summed E-state index contributed by atoms with van der Waals surface area (Å²) < 4.78 is 0.929. The first kappa shape index (κ1) is 18.2. The van der Waals surface area contributed by atoms with Gasteiger partial charge in [-0.3, -0.25) is 9.59 Å². The van der Waals surface area contributed by atoms with Gasteiger partial charge in [0.05, 0.1) is 0 Å². The predicted octanol–water partition coefficient (Wildman–Crippen LogP) is 3.79. The smallest absolute Gasteiger partial charge is 0.251 e. The number of hydrogen-bond donors (Lipinski definition) is 1. The highest BCUT2D eigenvalue weighted by molar-refractivity contribution is 9.10. The summed E-state index contributed by atoms with van der Waals surface area (Å²) in [7, 11) is 0. The third-order valence-corrected chi connectivity index (χ3v) is 4.30. The van der Waals surface area contributed by atoms with E-state index in [0.717, 1.165) is 22.1 Å². The van der Waals surface area contributed by atoms with Crippen molar-refractivity contribution in [2.75, 3.05) is 18.0 Å². The van der Waals surface area contributed by atoms with Crippen LogP contribution in [0.1, 0.15) is 29.8 Å². The molecule has 0 saturated carbocycles. The highest BCUT2D eigenvalue weighted by atomic mass is 79.9. The van der Waals surface area contributed by atoms with Crippen molar-refractivity contribution in [3.63, 3.8) is 0 Å². The first-order chi connectivity index (χ1) is 11.5. The molecule has 5 heteroatoms. The molecule has 126 valence electrons. The largest absolute Gasteiger partial charge is 0.350 e. The first-order valence-corrected chi connectivity index (χ1v) is 8.72. The molecule has 0 aliphatic heterocycles. The lowest BCUT2D eigenvalue weighted by molar-refractivity contribution is -0.116. The van der Waals surface area contributed by atoms with Crippen LogP contribution >= 0.6 is 15.9 Å². The van der Waals surface area contributed by atoms with Crippen molar-refractivity contribution in [2.45, 2.75) is 20.3 Å². The SMILES string of the molecule is CCc1ccccc1N(CCNC(=O)c1ccc(Br)cc1)C(C)=O. The van der Waals surface area contributed by atoms with Crippen molar-refractivity contribution in [3.05, 3.63) is 64.1 Å². The molecule has 0 unspecified atom stereocenters. The van der Waals surface area contributed by atoms with E-state index in [9.17, 15) is 9.59 Å². The van der Waals surface area contributed by atoms with Gasteiger partial charge in [-0.2, -0.15) is 0 Å². The van der Waals surface area contributed by atoms with Gasteiger partial charge in [0.15, 0.2) is 0 Å². The summed E-state index contributed by atoms with van der Waals surface area (Å²) in [6.45, 7) is 4.44. The van der Waals surface area contributed by atoms with Crippen molar-refractivity contribution in [1.82, 2.24) is 5.32 Å². The standard InChI is InChI=1S/C19H21BrN2O2/c1-3-15-6-4-5-7-18(15)22(14(2)23)13-12-21-19(24)16-8-10-17(20)11-9-16/h4-11H,3,12-13H2,1-2H3,(H,21,24). The number of nitrogens with one attached hydrogen (secondary N) is 1. The molecule has 0 heterocycles. The van der Waals surface area contributed by atoms with Crippen LogP contribution in [0.15, 0.2) is 53.0 Å². The van der Waals surface area contributed by atoms with Gasteiger partial charge in [0.1, 0.15) is 0 Å². The predicted molar refractivity (Wildman–Crippen MR) is 100 cm³/mol. The molecule has 0 aliphatic carbocycles. The fraction of sp³-hybridized carbons (Fsp3) is 0.263. The second-order valence-corrected chi connectivity index (χ2v) is 6.33. The van der Waals surface area contributed by atoms with E-state index in [1.54, 1.807) is 24.0 Å². The van der Waals surface area contributed by atoms with E-state index in [0.29, 0.717) is 18.7 Å². The quantitative estimate of drug-likeness (QED) is 0.817. The molecule has 2 aromatic rings. The average molecular weight is 389 g/mol. The Bertz CT molecular complexity index is 714. The van der Waals surface area contributed by atoms with Crippen LogP contribution in [0.25, 0.3) is 0 Å². The summed E-state index contributed by atoms with van der Waals surface area (Å²) in [6, 6.07) is 15.0. The Hall–Kier alpha value is -2.14. The third kappa shape index (κ3) is 4.68. The minimum Gasteiger partial charge on any atom is -0.350 e. The average Bonchev–Trinajstić information content (AvgIpc) is 2.59. The zero-order valence-electron chi connectivity index (χ0n) is 13.9. The van der Waals surface area contributed by atoms with E-state index in [2.05, 4.69) is 28.2 Å². The van der Waals surface area contributed by atoms with E-state index >= 15 is 0 Å². The topological polar surface area (TPSA) is 49.4 Å². The van der Waals surface area contributed by atoms with E-state index in [-0.39, 0.29) is 11.8 Å². The minimum atomic E-state index is -0.144. The maximum Gasteiger partial charge on any atom is 0.251 e. The Morgan fingerprint density at radius 2 is 1.75 bits per heavy atom. The summed E-state index contributed by atoms with van der Waals surface area (Å²) in [6.07, 6.45) is 0.852. The van der Waals surface area contributed by atoms with E-state index in [1.165, 1.54) is 0 Å². The van der Waals surface area contributed by atoms with Gasteiger partial charge in [-0.05, 0) is 42.3 Å². The zero-order valence-corrected chi connectivity index (χ0v) is 15.5. The molecular formula is C19H21BrN2O2. The highest BCUT2D eigenvalue weighted by Crippen LogP contribution is 2.20. The minimum absolute atomic E-state index is 0.0335. The Balaban J connectivity index is 2.01. The molecule has 0 atom stereocenters. The molecule has 1 N–H and O–H groups in total. The monoisotopic (exact) mass is 388 g/mol. The molecule has 2 amide bonds. The highest BCUT2D eigenvalue weighted by Gasteiger charge is 2.14. The summed E-state index contributed by atoms with van der Waals surface area (Å²) in [5.74, 6) is -0.177. The molecular weight excluding hydrogens is 368 g/mol. The number of aryl methyl sites for hydroxylation is 1. The number of rotatable bonds is 6. The van der Waals surface area contributed by atoms with E-state index < -0.39 is 0 Å². The molecule has 0 spiro atoms. The molecule has 0 aromatic heterocycles. The number of halogens is 1. The van der Waals surface area contributed by atoms with Crippen molar-refractivity contribution >= 4 is 33.4 Å². The Morgan fingerprint density at radius 3 is 2.38 bits per heavy atom. The van der Waals surface area contributed by atoms with E-state index in [4.69, 9.17) is 0 Å². The lowest BCUT2D eigenvalue weighted by atomic mass is 10.1. The number of benzene rings is 2. The maximum atomic E-state index is 12.1. The molecule has 0 aliphatic rings. The van der Waals surface area contributed by atoms with Crippen molar-refractivity contribution in [2.24, 2.45) is 0 Å². The second kappa shape index (κ2) is 8.64. The van der Waals surface area contributed by atoms with Crippen LogP contribution in [0.2, 0.25) is 0 Å². The van der Waals surface area contributed by atoms with Crippen LogP contribution in [0, 0.1) is 0 Å². The summed E-state index contributed by atoms with van der Waals surface area (Å²) in [5, 5.41) is 2.86. The first-order valence-electron chi connectivity index (χ1n) is 7.92. The van der Waals surface area contributed by atoms with Gasteiger partial charge in [0, 0.05) is 35.7 Å². The fourth-order valence-corrected chi connectivity index (χ4v) is 2.77. The maximum absolute atomic E-state index is 12.1. The number of hydrogen-bond acceptors (Lipinski definition) is 2. The number of nitrogens with zero attached hydrogens (tertiary/aromatic N) is 1. The third-order valence-electron chi connectivity index (χ3n) is 3.77. The van der Waals surface area contributed by atoms with Crippen molar-refractivity contribution in [3.8, 4) is 0 Å². The van der Waals surface area contributed by atoms with Gasteiger partial charge in [0.2, 0.25) is 5.91 Å². The second-order valence-electron chi connectivity index (χ2n) is 5.42.